The summed E-state index contributed by atoms with van der Waals surface area (Å²) < 4.78 is 53.2. The number of benzene rings is 2. The van der Waals surface area contributed by atoms with Crippen molar-refractivity contribution >= 4 is 58.0 Å². The van der Waals surface area contributed by atoms with Crippen molar-refractivity contribution in [3.8, 4) is 5.88 Å². The molecule has 0 aliphatic carbocycles. The van der Waals surface area contributed by atoms with Gasteiger partial charge < -0.3 is 19.5 Å². The summed E-state index contributed by atoms with van der Waals surface area (Å²) in [4.78, 5) is 39.4. The zero-order chi connectivity index (χ0) is 34.7. The molecule has 1 aromatic heterocycles. The van der Waals surface area contributed by atoms with Crippen molar-refractivity contribution in [3.63, 3.8) is 0 Å². The van der Waals surface area contributed by atoms with Crippen molar-refractivity contribution in [1.29, 1.82) is 0 Å². The van der Waals surface area contributed by atoms with E-state index in [1.165, 1.54) is 44.7 Å². The predicted molar refractivity (Wildman–Crippen MR) is 170 cm³/mol. The van der Waals surface area contributed by atoms with E-state index in [-0.39, 0.29) is 29.7 Å². The molecule has 3 rings (SSSR count). The first-order chi connectivity index (χ1) is 21.6. The van der Waals surface area contributed by atoms with Gasteiger partial charge in [-0.25, -0.2) is 9.78 Å². The number of carbonyl (C=O) groups is 3. The second-order valence-corrected chi connectivity index (χ2v) is 10.9. The van der Waals surface area contributed by atoms with E-state index in [0.29, 0.717) is 38.7 Å². The minimum absolute atomic E-state index is 0.0947. The quantitative estimate of drug-likeness (QED) is 0.0939. The average Bonchev–Trinajstić information content (AvgIpc) is 3.04. The third-order valence-electron chi connectivity index (χ3n) is 6.71. The Balaban J connectivity index is 0.000000332. The molecule has 0 saturated heterocycles. The number of pyridine rings is 1. The van der Waals surface area contributed by atoms with E-state index in [1.807, 2.05) is 0 Å². The molecular formula is C32H32Cl3F3N2O6. The molecule has 0 aliphatic rings. The van der Waals surface area contributed by atoms with Crippen LogP contribution in [0.4, 0.5) is 13.2 Å². The molecular weight excluding hydrogens is 672 g/mol. The number of rotatable bonds is 11. The number of halogens is 6. The number of nitrogens with zero attached hydrogens (tertiary/aromatic N) is 1. The maximum Gasteiger partial charge on any atom is 0.433 e. The molecule has 0 fully saturated rings. The number of alkyl halides is 4. The van der Waals surface area contributed by atoms with Crippen LogP contribution in [-0.4, -0.2) is 48.3 Å². The Kier molecular flexibility index (Phi) is 14.4. The zero-order valence-electron chi connectivity index (χ0n) is 25.6. The van der Waals surface area contributed by atoms with Crippen LogP contribution in [0.3, 0.4) is 0 Å². The molecule has 14 heteroatoms. The Morgan fingerprint density at radius 3 is 2.17 bits per heavy atom. The highest BCUT2D eigenvalue weighted by Crippen LogP contribution is 2.29. The molecule has 0 bridgehead atoms. The smallest absolute Gasteiger partial charge is 0.433 e. The van der Waals surface area contributed by atoms with E-state index in [1.54, 1.807) is 45.0 Å². The van der Waals surface area contributed by atoms with Gasteiger partial charge in [0.25, 0.3) is 5.91 Å². The lowest BCUT2D eigenvalue weighted by Crippen LogP contribution is -2.52. The first-order valence-electron chi connectivity index (χ1n) is 13.6. The molecule has 1 N–H and O–H groups in total. The van der Waals surface area contributed by atoms with Gasteiger partial charge in [-0.3, -0.25) is 9.59 Å². The number of amides is 1. The topological polar surface area (TPSA) is 104 Å². The number of carbonyl (C=O) groups excluding carboxylic acids is 3. The van der Waals surface area contributed by atoms with E-state index >= 15 is 0 Å². The number of hydrogen-bond acceptors (Lipinski definition) is 7. The highest BCUT2D eigenvalue weighted by atomic mass is 35.5. The number of ether oxygens (including phenoxy) is 3. The molecule has 0 aliphatic heterocycles. The Hall–Kier alpha value is -3.80. The maximum absolute atomic E-state index is 12.7. The summed E-state index contributed by atoms with van der Waals surface area (Å²) in [5, 5.41) is 3.51. The number of aromatic nitrogens is 1. The van der Waals surface area contributed by atoms with Crippen LogP contribution in [0.25, 0.3) is 5.57 Å². The Morgan fingerprint density at radius 2 is 1.63 bits per heavy atom. The summed E-state index contributed by atoms with van der Waals surface area (Å²) in [5.41, 5.74) is 0.174. The van der Waals surface area contributed by atoms with Crippen molar-refractivity contribution in [3.05, 3.63) is 98.9 Å². The van der Waals surface area contributed by atoms with Gasteiger partial charge in [0, 0.05) is 21.7 Å². The van der Waals surface area contributed by atoms with Crippen LogP contribution < -0.4 is 10.1 Å². The molecule has 1 atom stereocenters. The predicted octanol–water partition coefficient (Wildman–Crippen LogP) is 7.85. The lowest BCUT2D eigenvalue weighted by atomic mass is 9.93. The lowest BCUT2D eigenvalue weighted by Gasteiger charge is -2.27. The van der Waals surface area contributed by atoms with Crippen LogP contribution in [0.1, 0.15) is 53.0 Å². The summed E-state index contributed by atoms with van der Waals surface area (Å²) in [6.07, 6.45) is -2.89. The second-order valence-electron chi connectivity index (χ2n) is 9.82. The molecule has 2 aromatic carbocycles. The Morgan fingerprint density at radius 1 is 1.00 bits per heavy atom. The van der Waals surface area contributed by atoms with Gasteiger partial charge >= 0.3 is 12.1 Å². The SMILES string of the molecule is CCC(C)(NC(=O)c1cc(Cl)c(C)c(Cl)c1)C(=O)CCl.CO/C=C(/C(=O)OC)c1ccccc1COc1cccc(C(F)(F)F)n1. The molecule has 0 spiro atoms. The molecule has 1 amide bonds. The van der Waals surface area contributed by atoms with E-state index in [0.717, 1.165) is 6.07 Å². The molecule has 248 valence electrons. The highest BCUT2D eigenvalue weighted by molar-refractivity contribution is 6.36. The van der Waals surface area contributed by atoms with Gasteiger partial charge in [-0.05, 0) is 55.2 Å². The Labute approximate surface area is 279 Å². The second kappa shape index (κ2) is 17.2. The summed E-state index contributed by atoms with van der Waals surface area (Å²) in [5.74, 6) is -1.59. The first kappa shape index (κ1) is 38.4. The Bertz CT molecular complexity index is 1560. The summed E-state index contributed by atoms with van der Waals surface area (Å²) in [7, 11) is 2.62. The third-order valence-corrected chi connectivity index (χ3v) is 7.74. The van der Waals surface area contributed by atoms with Crippen molar-refractivity contribution in [1.82, 2.24) is 10.3 Å². The van der Waals surface area contributed by atoms with Crippen molar-refractivity contribution in [2.75, 3.05) is 20.1 Å². The maximum atomic E-state index is 12.7. The summed E-state index contributed by atoms with van der Waals surface area (Å²) in [6, 6.07) is 13.2. The number of methoxy groups -OCH3 is 2. The van der Waals surface area contributed by atoms with E-state index < -0.39 is 29.3 Å². The summed E-state index contributed by atoms with van der Waals surface area (Å²) >= 11 is 17.6. The van der Waals surface area contributed by atoms with Crippen LogP contribution >= 0.6 is 34.8 Å². The van der Waals surface area contributed by atoms with Crippen molar-refractivity contribution < 1.29 is 41.8 Å². The van der Waals surface area contributed by atoms with Gasteiger partial charge in [0.1, 0.15) is 17.9 Å². The average molecular weight is 704 g/mol. The number of hydrogen-bond donors (Lipinski definition) is 1. The zero-order valence-corrected chi connectivity index (χ0v) is 27.8. The fraction of sp³-hybridized carbons (Fsp3) is 0.312. The largest absolute Gasteiger partial charge is 0.503 e. The molecule has 0 saturated carbocycles. The van der Waals surface area contributed by atoms with Gasteiger partial charge in [0.2, 0.25) is 5.88 Å². The fourth-order valence-corrected chi connectivity index (χ4v) is 4.55. The van der Waals surface area contributed by atoms with E-state index in [4.69, 9.17) is 49.0 Å². The third kappa shape index (κ3) is 10.4. The van der Waals surface area contributed by atoms with Gasteiger partial charge in [0.05, 0.1) is 31.9 Å². The van der Waals surface area contributed by atoms with Crippen LogP contribution in [0.15, 0.2) is 60.9 Å². The molecule has 1 unspecified atom stereocenters. The normalized spacial score (nSPS) is 12.6. The van der Waals surface area contributed by atoms with Crippen LogP contribution in [0, 0.1) is 6.92 Å². The minimum atomic E-state index is -4.56. The fourth-order valence-electron chi connectivity index (χ4n) is 3.76. The van der Waals surface area contributed by atoms with Gasteiger partial charge in [-0.1, -0.05) is 60.5 Å². The van der Waals surface area contributed by atoms with E-state index in [2.05, 4.69) is 10.3 Å². The van der Waals surface area contributed by atoms with Gasteiger partial charge in [0.15, 0.2) is 5.78 Å². The van der Waals surface area contributed by atoms with Crippen LogP contribution in [0.2, 0.25) is 10.0 Å². The summed E-state index contributed by atoms with van der Waals surface area (Å²) in [6.45, 7) is 5.12. The van der Waals surface area contributed by atoms with Crippen LogP contribution in [-0.2, 0) is 31.8 Å². The minimum Gasteiger partial charge on any atom is -0.503 e. The number of nitrogens with one attached hydrogen (secondary N) is 1. The monoisotopic (exact) mass is 702 g/mol. The van der Waals surface area contributed by atoms with Gasteiger partial charge in [-0.2, -0.15) is 13.2 Å². The molecule has 1 heterocycles. The molecule has 0 radical (unpaired) electrons. The first-order valence-corrected chi connectivity index (χ1v) is 14.8. The van der Waals surface area contributed by atoms with E-state index in [9.17, 15) is 27.6 Å². The van der Waals surface area contributed by atoms with Gasteiger partial charge in [-0.15, -0.1) is 11.6 Å². The molecule has 3 aromatic rings. The number of ketones is 1. The molecule has 8 nitrogen and oxygen atoms in total. The van der Waals surface area contributed by atoms with Crippen LogP contribution in [0.5, 0.6) is 5.88 Å². The number of Topliss-reactive ketones (excluding diaryl/α,β-unsaturated/α-hetero) is 1. The van der Waals surface area contributed by atoms with Crippen molar-refractivity contribution in [2.45, 2.75) is 45.5 Å². The molecule has 46 heavy (non-hydrogen) atoms. The number of esters is 1. The standard InChI is InChI=1S/C18H16F3NO4.C14H16Cl3NO2/c1-24-11-14(17(23)25-2)13-7-4-3-6-12(13)10-26-16-9-5-8-15(22-16)18(19,20)21;1-4-14(3,12(19)7-15)18-13(20)9-5-10(16)8(2)11(17)6-9/h3-9,11H,10H2,1-2H3;5-6H,4,7H2,1-3H3,(H,18,20)/b14-11+;. The van der Waals surface area contributed by atoms with Crippen molar-refractivity contribution in [2.24, 2.45) is 0 Å². The lowest BCUT2D eigenvalue weighted by molar-refractivity contribution is -0.141. The highest BCUT2D eigenvalue weighted by Gasteiger charge is 2.33.